The van der Waals surface area contributed by atoms with E-state index in [0.717, 1.165) is 39.2 Å². The maximum Gasteiger partial charge on any atom is 0.247 e. The van der Waals surface area contributed by atoms with Gasteiger partial charge in [0, 0.05) is 29.4 Å². The second-order valence-corrected chi connectivity index (χ2v) is 6.05. The Morgan fingerprint density at radius 3 is 2.77 bits per heavy atom. The van der Waals surface area contributed by atoms with Crippen LogP contribution in [0.1, 0.15) is 11.3 Å². The summed E-state index contributed by atoms with van der Waals surface area (Å²) in [6.07, 6.45) is 3.44. The molecule has 4 rings (SSSR count). The number of fused-ring (bicyclic) bond motifs is 1. The number of benzene rings is 1. The molecule has 0 saturated heterocycles. The Bertz CT molecular complexity index is 1100. The van der Waals surface area contributed by atoms with Crippen LogP contribution < -0.4 is 10.3 Å². The lowest BCUT2D eigenvalue weighted by Crippen LogP contribution is -2.02. The monoisotopic (exact) mass is 343 g/mol. The van der Waals surface area contributed by atoms with Crippen molar-refractivity contribution in [2.45, 2.75) is 13.5 Å². The molecular formula is C21H17N3O2. The van der Waals surface area contributed by atoms with E-state index in [1.165, 1.54) is 6.07 Å². The Morgan fingerprint density at radius 1 is 1.08 bits per heavy atom. The molecule has 0 amide bonds. The first kappa shape index (κ1) is 16.0. The zero-order valence-electron chi connectivity index (χ0n) is 14.3. The van der Waals surface area contributed by atoms with Gasteiger partial charge in [-0.05, 0) is 55.0 Å². The highest BCUT2D eigenvalue weighted by atomic mass is 16.5. The van der Waals surface area contributed by atoms with E-state index in [0.29, 0.717) is 6.61 Å². The molecule has 0 spiro atoms. The quantitative estimate of drug-likeness (QED) is 0.611. The van der Waals surface area contributed by atoms with Crippen molar-refractivity contribution in [3.8, 4) is 17.0 Å². The van der Waals surface area contributed by atoms with E-state index in [1.807, 2.05) is 49.4 Å². The van der Waals surface area contributed by atoms with Crippen LogP contribution in [-0.4, -0.2) is 15.0 Å². The Balaban J connectivity index is 1.64. The first-order chi connectivity index (χ1) is 12.7. The maximum atomic E-state index is 11.2. The van der Waals surface area contributed by atoms with Crippen molar-refractivity contribution in [3.05, 3.63) is 88.6 Å². The van der Waals surface area contributed by atoms with Gasteiger partial charge in [0.2, 0.25) is 5.56 Å². The zero-order chi connectivity index (χ0) is 17.9. The first-order valence-corrected chi connectivity index (χ1v) is 8.32. The molecule has 1 N–H and O–H groups in total. The molecule has 26 heavy (non-hydrogen) atoms. The number of aromatic amines is 1. The molecule has 5 nitrogen and oxygen atoms in total. The van der Waals surface area contributed by atoms with Gasteiger partial charge in [-0.1, -0.05) is 6.07 Å². The summed E-state index contributed by atoms with van der Waals surface area (Å²) in [6.45, 7) is 2.47. The minimum atomic E-state index is -0.124. The molecule has 0 fully saturated rings. The number of aromatic nitrogens is 3. The van der Waals surface area contributed by atoms with E-state index >= 15 is 0 Å². The van der Waals surface area contributed by atoms with Crippen molar-refractivity contribution in [2.24, 2.45) is 0 Å². The van der Waals surface area contributed by atoms with Gasteiger partial charge in [0.05, 0.1) is 16.9 Å². The van der Waals surface area contributed by atoms with Gasteiger partial charge in [0.15, 0.2) is 0 Å². The van der Waals surface area contributed by atoms with Crippen LogP contribution in [0.5, 0.6) is 5.75 Å². The summed E-state index contributed by atoms with van der Waals surface area (Å²) in [4.78, 5) is 22.9. The molecule has 5 heteroatoms. The lowest BCUT2D eigenvalue weighted by Gasteiger charge is -2.10. The molecule has 3 heterocycles. The van der Waals surface area contributed by atoms with Crippen LogP contribution >= 0.6 is 0 Å². The Kier molecular flexibility index (Phi) is 4.19. The molecule has 1 aromatic carbocycles. The fourth-order valence-corrected chi connectivity index (χ4v) is 2.82. The number of hydrogen-bond donors (Lipinski definition) is 1. The van der Waals surface area contributed by atoms with E-state index in [1.54, 1.807) is 18.5 Å². The molecule has 128 valence electrons. The average molecular weight is 343 g/mol. The van der Waals surface area contributed by atoms with Crippen LogP contribution in [0.25, 0.3) is 22.2 Å². The van der Waals surface area contributed by atoms with Gasteiger partial charge < -0.3 is 9.72 Å². The summed E-state index contributed by atoms with van der Waals surface area (Å²) < 4.78 is 5.85. The van der Waals surface area contributed by atoms with Gasteiger partial charge in [-0.2, -0.15) is 0 Å². The summed E-state index contributed by atoms with van der Waals surface area (Å²) in [5.41, 5.74) is 4.45. The highest BCUT2D eigenvalue weighted by molar-refractivity contribution is 5.86. The molecule has 0 aliphatic rings. The van der Waals surface area contributed by atoms with Crippen LogP contribution in [0.15, 0.2) is 71.8 Å². The second-order valence-electron chi connectivity index (χ2n) is 6.05. The minimum Gasteiger partial charge on any atom is -0.487 e. The average Bonchev–Trinajstić information content (AvgIpc) is 2.68. The number of nitrogens with zero attached hydrogens (tertiary/aromatic N) is 2. The molecule has 0 unspecified atom stereocenters. The largest absolute Gasteiger partial charge is 0.487 e. The Morgan fingerprint density at radius 2 is 2.00 bits per heavy atom. The van der Waals surface area contributed by atoms with Gasteiger partial charge in [0.1, 0.15) is 12.4 Å². The SMILES string of the molecule is Cc1cc(-c2ccc(=O)[nH]c2)nc2ccc(OCc3ccccn3)cc12. The van der Waals surface area contributed by atoms with Crippen molar-refractivity contribution >= 4 is 10.9 Å². The number of ether oxygens (including phenoxy) is 1. The highest BCUT2D eigenvalue weighted by Crippen LogP contribution is 2.27. The van der Waals surface area contributed by atoms with Crippen LogP contribution in [0.3, 0.4) is 0 Å². The third-order valence-corrected chi connectivity index (χ3v) is 4.18. The number of pyridine rings is 3. The van der Waals surface area contributed by atoms with E-state index < -0.39 is 0 Å². The normalized spacial score (nSPS) is 10.8. The third-order valence-electron chi connectivity index (χ3n) is 4.18. The van der Waals surface area contributed by atoms with Gasteiger partial charge in [-0.15, -0.1) is 0 Å². The van der Waals surface area contributed by atoms with E-state index in [9.17, 15) is 4.79 Å². The summed E-state index contributed by atoms with van der Waals surface area (Å²) in [6, 6.07) is 16.9. The standard InChI is InChI=1S/C21H17N3O2/c1-14-10-20(15-5-8-21(25)23-12-15)24-19-7-6-17(11-18(14)19)26-13-16-4-2-3-9-22-16/h2-12H,13H2,1H3,(H,23,25). The fraction of sp³-hybridized carbons (Fsp3) is 0.0952. The van der Waals surface area contributed by atoms with E-state index in [2.05, 4.69) is 9.97 Å². The maximum absolute atomic E-state index is 11.2. The zero-order valence-corrected chi connectivity index (χ0v) is 14.3. The van der Waals surface area contributed by atoms with Crippen LogP contribution in [0.2, 0.25) is 0 Å². The van der Waals surface area contributed by atoms with Gasteiger partial charge in [-0.25, -0.2) is 4.98 Å². The smallest absolute Gasteiger partial charge is 0.247 e. The van der Waals surface area contributed by atoms with E-state index in [4.69, 9.17) is 9.72 Å². The molecule has 0 radical (unpaired) electrons. The molecule has 3 aromatic heterocycles. The topological polar surface area (TPSA) is 67.9 Å². The second kappa shape index (κ2) is 6.80. The predicted octanol–water partition coefficient (Wildman–Crippen LogP) is 3.87. The molecule has 0 aliphatic heterocycles. The Hall–Kier alpha value is -3.47. The predicted molar refractivity (Wildman–Crippen MR) is 101 cm³/mol. The molecule has 4 aromatic rings. The Labute approximate surface area is 150 Å². The third kappa shape index (κ3) is 3.32. The lowest BCUT2D eigenvalue weighted by molar-refractivity contribution is 0.302. The summed E-state index contributed by atoms with van der Waals surface area (Å²) in [5, 5.41) is 1.04. The summed E-state index contributed by atoms with van der Waals surface area (Å²) in [7, 11) is 0. The molecule has 0 saturated carbocycles. The highest BCUT2D eigenvalue weighted by Gasteiger charge is 2.07. The summed E-state index contributed by atoms with van der Waals surface area (Å²) in [5.74, 6) is 0.782. The molecule has 0 aliphatic carbocycles. The molecule has 0 bridgehead atoms. The minimum absolute atomic E-state index is 0.124. The van der Waals surface area contributed by atoms with Gasteiger partial charge in [0.25, 0.3) is 0 Å². The van der Waals surface area contributed by atoms with Crippen LogP contribution in [-0.2, 0) is 6.61 Å². The fourth-order valence-electron chi connectivity index (χ4n) is 2.82. The number of H-pyrrole nitrogens is 1. The number of hydrogen-bond acceptors (Lipinski definition) is 4. The van der Waals surface area contributed by atoms with Crippen molar-refractivity contribution in [1.29, 1.82) is 0 Å². The van der Waals surface area contributed by atoms with E-state index in [-0.39, 0.29) is 5.56 Å². The summed E-state index contributed by atoms with van der Waals surface area (Å²) >= 11 is 0. The number of rotatable bonds is 4. The van der Waals surface area contributed by atoms with Crippen LogP contribution in [0, 0.1) is 6.92 Å². The van der Waals surface area contributed by atoms with Crippen molar-refractivity contribution in [3.63, 3.8) is 0 Å². The number of aryl methyl sites for hydroxylation is 1. The first-order valence-electron chi connectivity index (χ1n) is 8.32. The lowest BCUT2D eigenvalue weighted by atomic mass is 10.1. The van der Waals surface area contributed by atoms with Gasteiger partial charge >= 0.3 is 0 Å². The van der Waals surface area contributed by atoms with Crippen molar-refractivity contribution in [2.75, 3.05) is 0 Å². The van der Waals surface area contributed by atoms with Crippen LogP contribution in [0.4, 0.5) is 0 Å². The molecular weight excluding hydrogens is 326 g/mol. The van der Waals surface area contributed by atoms with Gasteiger partial charge in [-0.3, -0.25) is 9.78 Å². The van der Waals surface area contributed by atoms with Crippen molar-refractivity contribution < 1.29 is 4.74 Å². The molecule has 0 atom stereocenters. The van der Waals surface area contributed by atoms with Crippen molar-refractivity contribution in [1.82, 2.24) is 15.0 Å². The number of nitrogens with one attached hydrogen (secondary N) is 1.